The van der Waals surface area contributed by atoms with E-state index in [9.17, 15) is 10.2 Å². The molecule has 0 saturated carbocycles. The smallest absolute Gasteiger partial charge is 0.166 e. The summed E-state index contributed by atoms with van der Waals surface area (Å²) in [4.78, 5) is 0. The van der Waals surface area contributed by atoms with Gasteiger partial charge in [-0.1, -0.05) is 5.21 Å². The summed E-state index contributed by atoms with van der Waals surface area (Å²) in [6.07, 6.45) is -0.618. The van der Waals surface area contributed by atoms with Gasteiger partial charge in [-0.05, 0) is 0 Å². The van der Waals surface area contributed by atoms with Crippen molar-refractivity contribution >= 4 is 0 Å². The first-order valence-corrected chi connectivity index (χ1v) is 4.19. The second kappa shape index (κ2) is 3.28. The van der Waals surface area contributed by atoms with Crippen molar-refractivity contribution in [3.05, 3.63) is 11.9 Å². The number of aromatic nitrogens is 3. The van der Waals surface area contributed by atoms with Gasteiger partial charge in [-0.3, -0.25) is 5.10 Å². The van der Waals surface area contributed by atoms with Crippen LogP contribution in [0.1, 0.15) is 5.69 Å². The second-order valence-corrected chi connectivity index (χ2v) is 3.20. The standard InChI is InChI=1S/C7H11N3O4/c11-2-6-7(13,5(12)3-14-6)4-1-8-10-9-4/h1,5-6,11-13H,2-3H2,(H,8,9,10). The Morgan fingerprint density at radius 3 is 3.07 bits per heavy atom. The number of nitrogens with one attached hydrogen (secondary N) is 1. The van der Waals surface area contributed by atoms with Gasteiger partial charge in [0.1, 0.15) is 17.9 Å². The molecule has 0 aliphatic carbocycles. The SMILES string of the molecule is OCC1OCC(O)C1(O)c1c[nH]nn1. The van der Waals surface area contributed by atoms with E-state index in [1.807, 2.05) is 0 Å². The van der Waals surface area contributed by atoms with Crippen LogP contribution in [0.3, 0.4) is 0 Å². The molecule has 3 unspecified atom stereocenters. The first-order valence-electron chi connectivity index (χ1n) is 4.19. The van der Waals surface area contributed by atoms with E-state index in [1.165, 1.54) is 6.20 Å². The van der Waals surface area contributed by atoms with Gasteiger partial charge >= 0.3 is 0 Å². The van der Waals surface area contributed by atoms with E-state index < -0.39 is 17.8 Å². The molecule has 1 aromatic rings. The summed E-state index contributed by atoms with van der Waals surface area (Å²) >= 11 is 0. The summed E-state index contributed by atoms with van der Waals surface area (Å²) in [7, 11) is 0. The molecule has 0 amide bonds. The van der Waals surface area contributed by atoms with Crippen LogP contribution in [0.25, 0.3) is 0 Å². The van der Waals surface area contributed by atoms with Gasteiger partial charge in [-0.15, -0.1) is 5.10 Å². The van der Waals surface area contributed by atoms with Crippen molar-refractivity contribution in [1.29, 1.82) is 0 Å². The fourth-order valence-corrected chi connectivity index (χ4v) is 1.60. The molecule has 7 nitrogen and oxygen atoms in total. The lowest BCUT2D eigenvalue weighted by Gasteiger charge is -2.27. The molecule has 4 N–H and O–H groups in total. The third-order valence-corrected chi connectivity index (χ3v) is 2.45. The average molecular weight is 201 g/mol. The Bertz CT molecular complexity index is 304. The van der Waals surface area contributed by atoms with Crippen LogP contribution in [-0.4, -0.2) is 56.2 Å². The highest BCUT2D eigenvalue weighted by molar-refractivity contribution is 5.15. The number of aliphatic hydroxyl groups excluding tert-OH is 2. The number of H-pyrrole nitrogens is 1. The first-order chi connectivity index (χ1) is 6.69. The molecule has 1 saturated heterocycles. The maximum Gasteiger partial charge on any atom is 0.166 e. The number of nitrogens with zero attached hydrogens (tertiary/aromatic N) is 2. The molecule has 1 aromatic heterocycles. The topological polar surface area (TPSA) is 111 Å². The van der Waals surface area contributed by atoms with Gasteiger partial charge in [0.05, 0.1) is 13.2 Å². The van der Waals surface area contributed by atoms with E-state index in [-0.39, 0.29) is 18.9 Å². The maximum absolute atomic E-state index is 10.1. The van der Waals surface area contributed by atoms with Crippen LogP contribution in [-0.2, 0) is 10.3 Å². The summed E-state index contributed by atoms with van der Waals surface area (Å²) in [6, 6.07) is 0. The van der Waals surface area contributed by atoms with Crippen LogP contribution in [0.2, 0.25) is 0 Å². The molecule has 2 heterocycles. The van der Waals surface area contributed by atoms with Crippen molar-refractivity contribution in [2.45, 2.75) is 17.8 Å². The molecule has 0 aromatic carbocycles. The van der Waals surface area contributed by atoms with E-state index in [0.717, 1.165) is 0 Å². The van der Waals surface area contributed by atoms with Crippen molar-refractivity contribution < 1.29 is 20.1 Å². The second-order valence-electron chi connectivity index (χ2n) is 3.20. The Labute approximate surface area is 79.3 Å². The lowest BCUT2D eigenvalue weighted by Crippen LogP contribution is -2.46. The normalized spacial score (nSPS) is 37.6. The average Bonchev–Trinajstić information content (AvgIpc) is 2.77. The van der Waals surface area contributed by atoms with Gasteiger partial charge in [-0.2, -0.15) is 0 Å². The predicted octanol–water partition coefficient (Wildman–Crippen LogP) is -2.26. The number of hydrogen-bond donors (Lipinski definition) is 4. The Kier molecular flexibility index (Phi) is 2.23. The van der Waals surface area contributed by atoms with E-state index in [4.69, 9.17) is 9.84 Å². The summed E-state index contributed by atoms with van der Waals surface area (Å²) in [5.41, 5.74) is -1.51. The maximum atomic E-state index is 10.1. The zero-order chi connectivity index (χ0) is 10.2. The third kappa shape index (κ3) is 1.14. The Morgan fingerprint density at radius 2 is 2.50 bits per heavy atom. The van der Waals surface area contributed by atoms with Gasteiger partial charge in [0, 0.05) is 6.20 Å². The molecule has 7 heteroatoms. The monoisotopic (exact) mass is 201 g/mol. The number of ether oxygens (including phenoxy) is 1. The van der Waals surface area contributed by atoms with Crippen molar-refractivity contribution in [3.8, 4) is 0 Å². The van der Waals surface area contributed by atoms with Crippen molar-refractivity contribution in [2.75, 3.05) is 13.2 Å². The van der Waals surface area contributed by atoms with Crippen LogP contribution >= 0.6 is 0 Å². The van der Waals surface area contributed by atoms with E-state index >= 15 is 0 Å². The molecule has 14 heavy (non-hydrogen) atoms. The lowest BCUT2D eigenvalue weighted by atomic mass is 9.90. The van der Waals surface area contributed by atoms with E-state index in [2.05, 4.69) is 15.4 Å². The summed E-state index contributed by atoms with van der Waals surface area (Å²) in [5.74, 6) is 0. The molecule has 0 radical (unpaired) electrons. The van der Waals surface area contributed by atoms with Gasteiger partial charge in [-0.25, -0.2) is 0 Å². The fourth-order valence-electron chi connectivity index (χ4n) is 1.60. The van der Waals surface area contributed by atoms with Gasteiger partial charge in [0.25, 0.3) is 0 Å². The Balaban J connectivity index is 2.36. The highest BCUT2D eigenvalue weighted by atomic mass is 16.5. The largest absolute Gasteiger partial charge is 0.394 e. The lowest BCUT2D eigenvalue weighted by molar-refractivity contribution is -0.101. The van der Waals surface area contributed by atoms with Gasteiger partial charge in [0.15, 0.2) is 5.60 Å². The molecule has 2 rings (SSSR count). The molecule has 0 bridgehead atoms. The van der Waals surface area contributed by atoms with Crippen molar-refractivity contribution in [1.82, 2.24) is 15.4 Å². The van der Waals surface area contributed by atoms with Crippen LogP contribution < -0.4 is 0 Å². The third-order valence-electron chi connectivity index (χ3n) is 2.45. The quantitative estimate of drug-likeness (QED) is 0.430. The minimum Gasteiger partial charge on any atom is -0.394 e. The molecule has 0 spiro atoms. The predicted molar refractivity (Wildman–Crippen MR) is 43.1 cm³/mol. The molecule has 1 aliphatic heterocycles. The molecule has 1 aliphatic rings. The number of rotatable bonds is 2. The number of aromatic amines is 1. The Morgan fingerprint density at radius 1 is 1.71 bits per heavy atom. The van der Waals surface area contributed by atoms with Crippen molar-refractivity contribution in [2.24, 2.45) is 0 Å². The molecule has 3 atom stereocenters. The summed E-state index contributed by atoms with van der Waals surface area (Å²) in [6.45, 7) is -0.422. The van der Waals surface area contributed by atoms with Crippen molar-refractivity contribution in [3.63, 3.8) is 0 Å². The minimum absolute atomic E-state index is 0.0331. The van der Waals surface area contributed by atoms with Crippen LogP contribution in [0.5, 0.6) is 0 Å². The zero-order valence-electron chi connectivity index (χ0n) is 7.29. The van der Waals surface area contributed by atoms with Gasteiger partial charge < -0.3 is 20.1 Å². The molecule has 78 valence electrons. The van der Waals surface area contributed by atoms with E-state index in [0.29, 0.717) is 0 Å². The van der Waals surface area contributed by atoms with Crippen LogP contribution in [0.15, 0.2) is 6.20 Å². The van der Waals surface area contributed by atoms with E-state index in [1.54, 1.807) is 0 Å². The summed E-state index contributed by atoms with van der Waals surface area (Å²) < 4.78 is 5.02. The Hall–Kier alpha value is -1.02. The van der Waals surface area contributed by atoms with Gasteiger partial charge in [0.2, 0.25) is 0 Å². The first kappa shape index (κ1) is 9.53. The highest BCUT2D eigenvalue weighted by Gasteiger charge is 2.52. The highest BCUT2D eigenvalue weighted by Crippen LogP contribution is 2.34. The minimum atomic E-state index is -1.68. The molecular formula is C7H11N3O4. The fraction of sp³-hybridized carbons (Fsp3) is 0.714. The molecule has 1 fully saturated rings. The van der Waals surface area contributed by atoms with Crippen LogP contribution in [0, 0.1) is 0 Å². The summed E-state index contributed by atoms with van der Waals surface area (Å²) in [5, 5.41) is 38.1. The molecular weight excluding hydrogens is 190 g/mol. The number of aliphatic hydroxyl groups is 3. The van der Waals surface area contributed by atoms with Crippen LogP contribution in [0.4, 0.5) is 0 Å². The number of hydrogen-bond acceptors (Lipinski definition) is 6. The zero-order valence-corrected chi connectivity index (χ0v) is 7.29.